The number of ether oxygens (including phenoxy) is 3. The van der Waals surface area contributed by atoms with Crippen LogP contribution in [0.1, 0.15) is 297 Å². The number of allylic oxidation sites excluding steroid dienone is 6. The molecule has 0 aromatic carbocycles. The molecule has 0 amide bonds. The van der Waals surface area contributed by atoms with Gasteiger partial charge >= 0.3 is 23.7 Å². The molecule has 7 heteroatoms. The van der Waals surface area contributed by atoms with E-state index in [9.17, 15) is 19.5 Å². The normalized spacial score (nSPS) is 12.5. The molecule has 0 aliphatic carbocycles. The van der Waals surface area contributed by atoms with Gasteiger partial charge < -0.3 is 19.3 Å². The van der Waals surface area contributed by atoms with Crippen LogP contribution < -0.4 is 0 Å². The highest BCUT2D eigenvalue weighted by Crippen LogP contribution is 2.25. The van der Waals surface area contributed by atoms with Gasteiger partial charge in [-0.15, -0.1) is 0 Å². The molecule has 0 heterocycles. The van der Waals surface area contributed by atoms with Gasteiger partial charge in [-0.3, -0.25) is 14.4 Å². The number of carbonyl (C=O) groups is 3. The van der Waals surface area contributed by atoms with E-state index < -0.39 is 36.4 Å². The summed E-state index contributed by atoms with van der Waals surface area (Å²) in [6.07, 6.45) is 58.5. The van der Waals surface area contributed by atoms with E-state index in [0.29, 0.717) is 19.3 Å². The topological polar surface area (TPSA) is 99.1 Å². The summed E-state index contributed by atoms with van der Waals surface area (Å²) >= 11 is 0. The first-order valence-corrected chi connectivity index (χ1v) is 28.0. The fourth-order valence-corrected chi connectivity index (χ4v) is 8.23. The van der Waals surface area contributed by atoms with Gasteiger partial charge in [0.2, 0.25) is 0 Å². The van der Waals surface area contributed by atoms with Crippen LogP contribution in [-0.4, -0.2) is 41.5 Å². The Bertz CT molecular complexity index is 1090. The first-order chi connectivity index (χ1) is 31.8. The maximum Gasteiger partial charge on any atom is 0.316 e. The summed E-state index contributed by atoms with van der Waals surface area (Å²) in [4.78, 5) is 39.3. The number of carbonyl (C=O) groups excluding carboxylic acids is 3. The van der Waals surface area contributed by atoms with Gasteiger partial charge in [0.1, 0.15) is 6.61 Å². The SMILES string of the molecule is CCCCCCCC/C=C\CCCCCCCC(=O)OC(C)C(CO)(OC(=O)CCCCCCC/C=C\CCCCCCCC)OC(=O)CCCCCCC/C=C\CCCCCCCC. The molecular formula is C58H106O7. The van der Waals surface area contributed by atoms with Crippen LogP contribution in [0.25, 0.3) is 0 Å². The molecule has 0 aromatic heterocycles. The van der Waals surface area contributed by atoms with E-state index in [0.717, 1.165) is 96.3 Å². The molecule has 0 radical (unpaired) electrons. The molecule has 0 spiro atoms. The average Bonchev–Trinajstić information content (AvgIpc) is 3.29. The van der Waals surface area contributed by atoms with E-state index in [1.807, 2.05) is 0 Å². The summed E-state index contributed by atoms with van der Waals surface area (Å²) in [5, 5.41) is 10.6. The number of hydrogen-bond acceptors (Lipinski definition) is 7. The number of esters is 3. The Morgan fingerprint density at radius 1 is 0.369 bits per heavy atom. The quantitative estimate of drug-likeness (QED) is 0.0281. The van der Waals surface area contributed by atoms with Crippen molar-refractivity contribution in [3.05, 3.63) is 36.5 Å². The molecule has 1 N–H and O–H groups in total. The summed E-state index contributed by atoms with van der Waals surface area (Å²) in [5.74, 6) is -3.65. The number of unbranched alkanes of at least 4 members (excludes halogenated alkanes) is 33. The second-order valence-corrected chi connectivity index (χ2v) is 19.1. The Morgan fingerprint density at radius 2 is 0.600 bits per heavy atom. The van der Waals surface area contributed by atoms with Crippen molar-refractivity contribution < 1.29 is 33.7 Å². The van der Waals surface area contributed by atoms with Crippen LogP contribution in [0.15, 0.2) is 36.5 Å². The van der Waals surface area contributed by atoms with Crippen molar-refractivity contribution >= 4 is 17.9 Å². The van der Waals surface area contributed by atoms with Crippen molar-refractivity contribution in [2.75, 3.05) is 6.61 Å². The van der Waals surface area contributed by atoms with Crippen LogP contribution in [0.4, 0.5) is 0 Å². The van der Waals surface area contributed by atoms with Crippen LogP contribution in [0.2, 0.25) is 0 Å². The van der Waals surface area contributed by atoms with Crippen molar-refractivity contribution in [1.82, 2.24) is 0 Å². The van der Waals surface area contributed by atoms with Crippen LogP contribution in [-0.2, 0) is 28.6 Å². The zero-order valence-electron chi connectivity index (χ0n) is 43.3. The van der Waals surface area contributed by atoms with Crippen LogP contribution in [0.5, 0.6) is 0 Å². The zero-order valence-corrected chi connectivity index (χ0v) is 43.3. The number of aliphatic hydroxyl groups excluding tert-OH is 1. The van der Waals surface area contributed by atoms with Crippen molar-refractivity contribution in [2.24, 2.45) is 0 Å². The fraction of sp³-hybridized carbons (Fsp3) is 0.845. The minimum Gasteiger partial charge on any atom is -0.454 e. The van der Waals surface area contributed by atoms with E-state index in [1.165, 1.54) is 135 Å². The maximum atomic E-state index is 13.2. The molecule has 0 aromatic rings. The fourth-order valence-electron chi connectivity index (χ4n) is 8.23. The Kier molecular flexibility index (Phi) is 47.7. The molecule has 1 atom stereocenters. The minimum atomic E-state index is -2.07. The Morgan fingerprint density at radius 3 is 0.862 bits per heavy atom. The smallest absolute Gasteiger partial charge is 0.316 e. The van der Waals surface area contributed by atoms with Crippen molar-refractivity contribution in [2.45, 2.75) is 309 Å². The van der Waals surface area contributed by atoms with E-state index in [2.05, 4.69) is 57.2 Å². The molecule has 0 rings (SSSR count). The third kappa shape index (κ3) is 42.7. The molecule has 65 heavy (non-hydrogen) atoms. The molecule has 0 fully saturated rings. The third-order valence-electron chi connectivity index (χ3n) is 12.6. The number of hydrogen-bond donors (Lipinski definition) is 1. The second-order valence-electron chi connectivity index (χ2n) is 19.1. The summed E-state index contributed by atoms with van der Waals surface area (Å²) < 4.78 is 17.3. The minimum absolute atomic E-state index is 0.140. The highest BCUT2D eigenvalue weighted by Gasteiger charge is 2.46. The van der Waals surface area contributed by atoms with Gasteiger partial charge in [0.15, 0.2) is 6.10 Å². The molecular weight excluding hydrogens is 809 g/mol. The highest BCUT2D eigenvalue weighted by atomic mass is 16.8. The van der Waals surface area contributed by atoms with E-state index in [-0.39, 0.29) is 19.3 Å². The summed E-state index contributed by atoms with van der Waals surface area (Å²) in [7, 11) is 0. The first kappa shape index (κ1) is 62.6. The van der Waals surface area contributed by atoms with Gasteiger partial charge in [0.25, 0.3) is 0 Å². The van der Waals surface area contributed by atoms with Crippen LogP contribution >= 0.6 is 0 Å². The molecule has 0 aliphatic rings. The molecule has 7 nitrogen and oxygen atoms in total. The largest absolute Gasteiger partial charge is 0.454 e. The Balaban J connectivity index is 4.78. The monoisotopic (exact) mass is 915 g/mol. The highest BCUT2D eigenvalue weighted by molar-refractivity contribution is 5.73. The van der Waals surface area contributed by atoms with Gasteiger partial charge in [-0.1, -0.05) is 211 Å². The van der Waals surface area contributed by atoms with Crippen molar-refractivity contribution in [3.8, 4) is 0 Å². The van der Waals surface area contributed by atoms with Crippen molar-refractivity contribution in [1.29, 1.82) is 0 Å². The predicted molar refractivity (Wildman–Crippen MR) is 276 cm³/mol. The molecule has 380 valence electrons. The van der Waals surface area contributed by atoms with E-state index in [1.54, 1.807) is 6.92 Å². The zero-order chi connectivity index (χ0) is 47.6. The van der Waals surface area contributed by atoms with Gasteiger partial charge in [-0.25, -0.2) is 0 Å². The second kappa shape index (κ2) is 49.5. The molecule has 0 saturated heterocycles. The summed E-state index contributed by atoms with van der Waals surface area (Å²) in [6.45, 7) is 7.52. The maximum absolute atomic E-state index is 13.2. The van der Waals surface area contributed by atoms with Gasteiger partial charge in [-0.05, 0) is 103 Å². The van der Waals surface area contributed by atoms with Crippen LogP contribution in [0, 0.1) is 0 Å². The van der Waals surface area contributed by atoms with E-state index >= 15 is 0 Å². The predicted octanol–water partition coefficient (Wildman–Crippen LogP) is 17.8. The van der Waals surface area contributed by atoms with Crippen LogP contribution in [0.3, 0.4) is 0 Å². The molecule has 0 bridgehead atoms. The number of aliphatic hydroxyl groups is 1. The first-order valence-electron chi connectivity index (χ1n) is 28.0. The summed E-state index contributed by atoms with van der Waals surface area (Å²) in [5.41, 5.74) is 0. The lowest BCUT2D eigenvalue weighted by Crippen LogP contribution is -2.53. The molecule has 1 unspecified atom stereocenters. The Hall–Kier alpha value is -2.41. The molecule has 0 saturated carbocycles. The Labute approximate surface area is 402 Å². The standard InChI is InChI=1S/C58H106O7/c1-5-8-11-14-17-20-23-26-29-32-35-38-41-44-47-50-55(60)63-54(4)58(53-59,64-56(61)51-48-45-42-39-36-33-30-27-24-21-18-15-12-9-6-2)65-57(62)52-49-46-43-40-37-34-31-28-25-22-19-16-13-10-7-3/h26-31,54,59H,5-25,32-53H2,1-4H3/b29-26-,30-27-,31-28-. The lowest BCUT2D eigenvalue weighted by atomic mass is 10.1. The number of rotatable bonds is 50. The van der Waals surface area contributed by atoms with Gasteiger partial charge in [0.05, 0.1) is 0 Å². The van der Waals surface area contributed by atoms with E-state index in [4.69, 9.17) is 14.2 Å². The van der Waals surface area contributed by atoms with Crippen molar-refractivity contribution in [3.63, 3.8) is 0 Å². The lowest BCUT2D eigenvalue weighted by Gasteiger charge is -2.35. The average molecular weight is 915 g/mol. The lowest BCUT2D eigenvalue weighted by molar-refractivity contribution is -0.274. The summed E-state index contributed by atoms with van der Waals surface area (Å²) in [6, 6.07) is 0. The molecule has 0 aliphatic heterocycles. The van der Waals surface area contributed by atoms with Gasteiger partial charge in [-0.2, -0.15) is 0 Å². The third-order valence-corrected chi connectivity index (χ3v) is 12.6. The van der Waals surface area contributed by atoms with Gasteiger partial charge in [0, 0.05) is 19.3 Å².